The van der Waals surface area contributed by atoms with Gasteiger partial charge in [-0.1, -0.05) is 12.1 Å². The van der Waals surface area contributed by atoms with Crippen molar-refractivity contribution in [2.45, 2.75) is 0 Å². The molecule has 8 nitrogen and oxygen atoms in total. The van der Waals surface area contributed by atoms with E-state index in [9.17, 15) is 14.9 Å². The fourth-order valence-corrected chi connectivity index (χ4v) is 1.54. The van der Waals surface area contributed by atoms with Gasteiger partial charge >= 0.3 is 0 Å². The van der Waals surface area contributed by atoms with Crippen LogP contribution in [-0.4, -0.2) is 27.7 Å². The van der Waals surface area contributed by atoms with Gasteiger partial charge in [-0.3, -0.25) is 19.7 Å². The third kappa shape index (κ3) is 2.58. The Morgan fingerprint density at radius 2 is 2.16 bits per heavy atom. The quantitative estimate of drug-likeness (QED) is 0.656. The van der Waals surface area contributed by atoms with Crippen LogP contribution in [0, 0.1) is 10.1 Å². The van der Waals surface area contributed by atoms with Gasteiger partial charge in [0, 0.05) is 12.3 Å². The van der Waals surface area contributed by atoms with Crippen LogP contribution in [0.15, 0.2) is 36.5 Å². The van der Waals surface area contributed by atoms with Gasteiger partial charge in [0.2, 0.25) is 0 Å². The molecule has 19 heavy (non-hydrogen) atoms. The van der Waals surface area contributed by atoms with E-state index in [0.29, 0.717) is 0 Å². The first-order valence-corrected chi connectivity index (χ1v) is 5.26. The van der Waals surface area contributed by atoms with E-state index in [4.69, 9.17) is 0 Å². The molecule has 2 aromatic rings. The highest BCUT2D eigenvalue weighted by Gasteiger charge is 2.16. The van der Waals surface area contributed by atoms with Crippen molar-refractivity contribution in [3.8, 4) is 5.69 Å². The minimum Gasteiger partial charge on any atom is -0.277 e. The molecular formula is C11H10N4O4. The summed E-state index contributed by atoms with van der Waals surface area (Å²) in [7, 11) is 1.30. The number of aromatic nitrogens is 2. The number of nitrogens with zero attached hydrogens (tertiary/aromatic N) is 3. The number of nitro benzene ring substituents is 1. The molecule has 0 unspecified atom stereocenters. The summed E-state index contributed by atoms with van der Waals surface area (Å²) >= 11 is 0. The average Bonchev–Trinajstić information content (AvgIpc) is 2.88. The summed E-state index contributed by atoms with van der Waals surface area (Å²) in [5.41, 5.74) is 2.40. The van der Waals surface area contributed by atoms with Crippen molar-refractivity contribution in [1.29, 1.82) is 0 Å². The monoisotopic (exact) mass is 262 g/mol. The van der Waals surface area contributed by atoms with Crippen LogP contribution in [0.25, 0.3) is 5.69 Å². The summed E-state index contributed by atoms with van der Waals surface area (Å²) in [6.45, 7) is 0. The van der Waals surface area contributed by atoms with Gasteiger partial charge in [0.15, 0.2) is 5.69 Å². The molecule has 0 saturated heterocycles. The van der Waals surface area contributed by atoms with Crippen molar-refractivity contribution < 1.29 is 14.6 Å². The van der Waals surface area contributed by atoms with E-state index in [1.54, 1.807) is 18.2 Å². The lowest BCUT2D eigenvalue weighted by molar-refractivity contribution is -0.384. The maximum atomic E-state index is 11.5. The third-order valence-electron chi connectivity index (χ3n) is 2.34. The first kappa shape index (κ1) is 12.7. The van der Waals surface area contributed by atoms with Crippen LogP contribution < -0.4 is 5.48 Å². The Bertz CT molecular complexity index is 623. The van der Waals surface area contributed by atoms with E-state index >= 15 is 0 Å². The molecule has 0 saturated carbocycles. The number of hydrogen-bond donors (Lipinski definition) is 1. The number of nitrogens with one attached hydrogen (secondary N) is 1. The lowest BCUT2D eigenvalue weighted by Gasteiger charge is -2.02. The summed E-state index contributed by atoms with van der Waals surface area (Å²) in [4.78, 5) is 26.3. The number of carbonyl (C=O) groups is 1. The molecule has 0 radical (unpaired) electrons. The minimum absolute atomic E-state index is 0.0932. The predicted molar refractivity (Wildman–Crippen MR) is 64.7 cm³/mol. The Morgan fingerprint density at radius 3 is 2.84 bits per heavy atom. The lowest BCUT2D eigenvalue weighted by atomic mass is 10.3. The molecule has 1 aromatic carbocycles. The van der Waals surface area contributed by atoms with Gasteiger partial charge in [0.1, 0.15) is 5.69 Å². The number of hydroxylamine groups is 1. The molecule has 1 aromatic heterocycles. The second-order valence-electron chi connectivity index (χ2n) is 3.53. The van der Waals surface area contributed by atoms with Crippen LogP contribution in [0.5, 0.6) is 0 Å². The van der Waals surface area contributed by atoms with Crippen molar-refractivity contribution in [3.63, 3.8) is 0 Å². The summed E-state index contributed by atoms with van der Waals surface area (Å²) in [6, 6.07) is 7.56. The number of amides is 1. The summed E-state index contributed by atoms with van der Waals surface area (Å²) in [5.74, 6) is -0.528. The fraction of sp³-hybridized carbons (Fsp3) is 0.0909. The number of hydrogen-bond acceptors (Lipinski definition) is 5. The van der Waals surface area contributed by atoms with E-state index in [0.717, 1.165) is 0 Å². The maximum absolute atomic E-state index is 11.5. The molecule has 0 aliphatic rings. The van der Waals surface area contributed by atoms with E-state index < -0.39 is 10.8 Å². The molecule has 0 atom stereocenters. The van der Waals surface area contributed by atoms with Crippen LogP contribution in [0.4, 0.5) is 5.69 Å². The molecule has 0 fully saturated rings. The van der Waals surface area contributed by atoms with Gasteiger partial charge in [0.25, 0.3) is 11.6 Å². The number of carbonyl (C=O) groups excluding carboxylic acids is 1. The molecule has 0 aliphatic carbocycles. The zero-order chi connectivity index (χ0) is 13.8. The highest BCUT2D eigenvalue weighted by molar-refractivity contribution is 5.91. The van der Waals surface area contributed by atoms with Crippen LogP contribution in [0.3, 0.4) is 0 Å². The topological polar surface area (TPSA) is 99.3 Å². The van der Waals surface area contributed by atoms with E-state index in [1.165, 1.54) is 30.1 Å². The molecule has 8 heteroatoms. The summed E-state index contributed by atoms with van der Waals surface area (Å²) in [6.07, 6.45) is 1.47. The Morgan fingerprint density at radius 1 is 1.42 bits per heavy atom. The second kappa shape index (κ2) is 5.27. The summed E-state index contributed by atoms with van der Waals surface area (Å²) in [5, 5.41) is 14.9. The fourth-order valence-electron chi connectivity index (χ4n) is 1.54. The van der Waals surface area contributed by atoms with Crippen molar-refractivity contribution >= 4 is 11.6 Å². The second-order valence-corrected chi connectivity index (χ2v) is 3.53. The molecular weight excluding hydrogens is 252 g/mol. The zero-order valence-corrected chi connectivity index (χ0v) is 9.94. The largest absolute Gasteiger partial charge is 0.295 e. The molecule has 0 bridgehead atoms. The van der Waals surface area contributed by atoms with Crippen molar-refractivity contribution in [1.82, 2.24) is 15.3 Å². The normalized spacial score (nSPS) is 10.2. The van der Waals surface area contributed by atoms with Crippen molar-refractivity contribution in [2.24, 2.45) is 0 Å². The first-order chi connectivity index (χ1) is 9.13. The Labute approximate surface area is 107 Å². The van der Waals surface area contributed by atoms with Gasteiger partial charge in [0.05, 0.1) is 12.0 Å². The molecule has 2 rings (SSSR count). The average molecular weight is 262 g/mol. The Hall–Kier alpha value is -2.74. The molecule has 98 valence electrons. The van der Waals surface area contributed by atoms with Gasteiger partial charge in [-0.25, -0.2) is 10.2 Å². The third-order valence-corrected chi connectivity index (χ3v) is 2.34. The molecule has 1 N–H and O–H groups in total. The molecule has 1 heterocycles. The SMILES string of the molecule is CONC(=O)c1ccn(-c2ccccc2[N+](=O)[O-])n1. The molecule has 1 amide bonds. The van der Waals surface area contributed by atoms with Gasteiger partial charge in [-0.2, -0.15) is 5.10 Å². The summed E-state index contributed by atoms with van der Waals surface area (Å²) < 4.78 is 1.27. The van der Waals surface area contributed by atoms with E-state index in [-0.39, 0.29) is 17.1 Å². The number of benzene rings is 1. The van der Waals surface area contributed by atoms with Gasteiger partial charge in [-0.15, -0.1) is 0 Å². The van der Waals surface area contributed by atoms with Gasteiger partial charge < -0.3 is 0 Å². The first-order valence-electron chi connectivity index (χ1n) is 5.26. The standard InChI is InChI=1S/C11H10N4O4/c1-19-13-11(16)8-6-7-14(12-8)9-4-2-3-5-10(9)15(17)18/h2-7H,1H3,(H,13,16). The van der Waals surface area contributed by atoms with Crippen molar-refractivity contribution in [2.75, 3.05) is 7.11 Å². The number of nitro groups is 1. The highest BCUT2D eigenvalue weighted by atomic mass is 16.6. The predicted octanol–water partition coefficient (Wildman–Crippen LogP) is 1.07. The zero-order valence-electron chi connectivity index (χ0n) is 9.94. The number of para-hydroxylation sites is 2. The smallest absolute Gasteiger partial charge is 0.277 e. The Kier molecular flexibility index (Phi) is 3.53. The maximum Gasteiger partial charge on any atom is 0.295 e. The highest BCUT2D eigenvalue weighted by Crippen LogP contribution is 2.21. The van der Waals surface area contributed by atoms with Crippen molar-refractivity contribution in [3.05, 3.63) is 52.3 Å². The molecule has 0 spiro atoms. The molecule has 0 aliphatic heterocycles. The van der Waals surface area contributed by atoms with Crippen LogP contribution in [-0.2, 0) is 4.84 Å². The van der Waals surface area contributed by atoms with E-state index in [1.807, 2.05) is 0 Å². The number of rotatable bonds is 4. The lowest BCUT2D eigenvalue weighted by Crippen LogP contribution is -2.22. The van der Waals surface area contributed by atoms with Crippen LogP contribution >= 0.6 is 0 Å². The van der Waals surface area contributed by atoms with Gasteiger partial charge in [-0.05, 0) is 12.1 Å². The van der Waals surface area contributed by atoms with Crippen LogP contribution in [0.2, 0.25) is 0 Å². The van der Waals surface area contributed by atoms with Crippen LogP contribution in [0.1, 0.15) is 10.5 Å². The minimum atomic E-state index is -0.528. The Balaban J connectivity index is 2.38. The van der Waals surface area contributed by atoms with E-state index in [2.05, 4.69) is 15.4 Å².